The molecule has 0 spiro atoms. The van der Waals surface area contributed by atoms with Crippen molar-refractivity contribution in [3.63, 3.8) is 0 Å². The van der Waals surface area contributed by atoms with Crippen LogP contribution in [-0.2, 0) is 26.4 Å². The van der Waals surface area contributed by atoms with Gasteiger partial charge in [0, 0.05) is 50.7 Å². The molecule has 0 aliphatic heterocycles. The fraction of sp³-hybridized carbons (Fsp3) is 0.100. The first-order valence-electron chi connectivity index (χ1n) is 15.3. The van der Waals surface area contributed by atoms with Crippen LogP contribution < -0.4 is 40.2 Å². The van der Waals surface area contributed by atoms with E-state index < -0.39 is 21.2 Å². The molecule has 0 unspecified atom stereocenters. The van der Waals surface area contributed by atoms with E-state index in [9.17, 15) is 0 Å². The van der Waals surface area contributed by atoms with Crippen molar-refractivity contribution < 1.29 is 40.2 Å². The summed E-state index contributed by atoms with van der Waals surface area (Å²) in [6, 6.07) is 46.2. The SMILES string of the molecule is Ic1ccc(COc2cc(OCc3ccc(I)cc3)cc([I+]c3cc(OCc4ccc(I)cc4)cc(OCc4ccc(I)cc4)c3)c2)cc1. The molecule has 6 aromatic rings. The van der Waals surface area contributed by atoms with Crippen molar-refractivity contribution in [2.45, 2.75) is 26.4 Å². The summed E-state index contributed by atoms with van der Waals surface area (Å²) in [6.45, 7) is 1.92. The van der Waals surface area contributed by atoms with Gasteiger partial charge in [0.15, 0.2) is 0 Å². The second-order valence-electron chi connectivity index (χ2n) is 11.0. The number of rotatable bonds is 14. The van der Waals surface area contributed by atoms with E-state index >= 15 is 0 Å². The number of hydrogen-bond donors (Lipinski definition) is 0. The Morgan fingerprint density at radius 2 is 0.551 bits per heavy atom. The number of halogens is 5. The normalized spacial score (nSPS) is 10.9. The van der Waals surface area contributed by atoms with Crippen molar-refractivity contribution in [3.8, 4) is 23.0 Å². The monoisotopic (exact) mass is 1210 g/mol. The van der Waals surface area contributed by atoms with Crippen LogP contribution in [0.3, 0.4) is 0 Å². The molecule has 0 aromatic heterocycles. The highest BCUT2D eigenvalue weighted by Gasteiger charge is 2.22. The van der Waals surface area contributed by atoms with E-state index in [1.807, 2.05) is 12.1 Å². The van der Waals surface area contributed by atoms with Gasteiger partial charge in [-0.1, -0.05) is 48.5 Å². The highest BCUT2D eigenvalue weighted by atomic mass is 127. The molecular weight excluding hydrogens is 1180 g/mol. The third kappa shape index (κ3) is 12.1. The zero-order chi connectivity index (χ0) is 34.0. The van der Waals surface area contributed by atoms with Gasteiger partial charge >= 0.3 is 21.2 Å². The van der Waals surface area contributed by atoms with Crippen LogP contribution in [0, 0.1) is 21.4 Å². The Balaban J connectivity index is 1.25. The van der Waals surface area contributed by atoms with Gasteiger partial charge in [0.05, 0.1) is 0 Å². The molecule has 0 atom stereocenters. The third-order valence-electron chi connectivity index (χ3n) is 7.18. The van der Waals surface area contributed by atoms with E-state index in [0.717, 1.165) is 45.3 Å². The molecule has 0 aliphatic rings. The second-order valence-corrected chi connectivity index (χ2v) is 19.0. The van der Waals surface area contributed by atoms with Gasteiger partial charge in [0.2, 0.25) is 7.14 Å². The summed E-state index contributed by atoms with van der Waals surface area (Å²) >= 11 is 8.64. The van der Waals surface area contributed by atoms with Gasteiger partial charge in [-0.05, 0) is 161 Å². The average molecular weight is 1210 g/mol. The third-order valence-corrected chi connectivity index (χ3v) is 12.6. The molecule has 0 radical (unpaired) electrons. The van der Waals surface area contributed by atoms with E-state index in [4.69, 9.17) is 18.9 Å². The van der Waals surface area contributed by atoms with Crippen LogP contribution in [0.15, 0.2) is 133 Å². The molecule has 248 valence electrons. The first-order valence-corrected chi connectivity index (χ1v) is 21.7. The minimum Gasteiger partial charge on any atom is -0.489 e. The summed E-state index contributed by atoms with van der Waals surface area (Å²) in [5.41, 5.74) is 4.48. The van der Waals surface area contributed by atoms with Gasteiger partial charge in [0.25, 0.3) is 0 Å². The minimum absolute atomic E-state index is 0.480. The molecular formula is C40H30I5O4+. The summed E-state index contributed by atoms with van der Waals surface area (Å²) in [5, 5.41) is 0. The van der Waals surface area contributed by atoms with E-state index in [-0.39, 0.29) is 0 Å². The molecule has 0 heterocycles. The number of benzene rings is 6. The maximum Gasteiger partial charge on any atom is 0.358 e. The second kappa shape index (κ2) is 18.6. The largest absolute Gasteiger partial charge is 0.489 e. The van der Waals surface area contributed by atoms with Gasteiger partial charge in [0.1, 0.15) is 49.4 Å². The molecule has 6 aromatic carbocycles. The van der Waals surface area contributed by atoms with Crippen LogP contribution in [0.5, 0.6) is 23.0 Å². The first-order chi connectivity index (χ1) is 23.8. The highest BCUT2D eigenvalue weighted by molar-refractivity contribution is 14.1. The van der Waals surface area contributed by atoms with Gasteiger partial charge in [-0.15, -0.1) is 0 Å². The fourth-order valence-corrected chi connectivity index (χ4v) is 8.64. The average Bonchev–Trinajstić information content (AvgIpc) is 3.10. The van der Waals surface area contributed by atoms with Crippen molar-refractivity contribution in [1.82, 2.24) is 0 Å². The zero-order valence-electron chi connectivity index (χ0n) is 26.1. The van der Waals surface area contributed by atoms with Crippen LogP contribution in [0.1, 0.15) is 22.3 Å². The summed E-state index contributed by atoms with van der Waals surface area (Å²) in [6.07, 6.45) is 0. The maximum absolute atomic E-state index is 6.34. The predicted octanol–water partition coefficient (Wildman–Crippen LogP) is 8.55. The Hall–Kier alpha value is -1.83. The summed E-state index contributed by atoms with van der Waals surface area (Å²) in [5.74, 6) is 3.15. The van der Waals surface area contributed by atoms with Gasteiger partial charge in [-0.2, -0.15) is 0 Å². The Bertz CT molecular complexity index is 1680. The highest BCUT2D eigenvalue weighted by Crippen LogP contribution is 2.24. The lowest BCUT2D eigenvalue weighted by molar-refractivity contribution is -0.597. The van der Waals surface area contributed by atoms with E-state index in [2.05, 4.69) is 212 Å². The van der Waals surface area contributed by atoms with Gasteiger partial charge in [-0.3, -0.25) is 0 Å². The lowest BCUT2D eigenvalue weighted by Crippen LogP contribution is -3.61. The molecule has 0 saturated heterocycles. The van der Waals surface area contributed by atoms with Crippen LogP contribution in [-0.4, -0.2) is 0 Å². The molecule has 0 amide bonds. The summed E-state index contributed by atoms with van der Waals surface area (Å²) in [7, 11) is 0. The Morgan fingerprint density at radius 1 is 0.327 bits per heavy atom. The van der Waals surface area contributed by atoms with E-state index in [0.29, 0.717) is 26.4 Å². The predicted molar refractivity (Wildman–Crippen MR) is 224 cm³/mol. The number of hydrogen-bond acceptors (Lipinski definition) is 4. The van der Waals surface area contributed by atoms with Crippen LogP contribution >= 0.6 is 90.4 Å². The molecule has 4 nitrogen and oxygen atoms in total. The van der Waals surface area contributed by atoms with Crippen LogP contribution in [0.4, 0.5) is 0 Å². The van der Waals surface area contributed by atoms with Crippen molar-refractivity contribution in [3.05, 3.63) is 177 Å². The topological polar surface area (TPSA) is 36.9 Å². The Kier molecular flexibility index (Phi) is 14.0. The number of ether oxygens (including phenoxy) is 4. The van der Waals surface area contributed by atoms with Crippen molar-refractivity contribution in [1.29, 1.82) is 0 Å². The Labute approximate surface area is 352 Å². The summed E-state index contributed by atoms with van der Waals surface area (Å²) in [4.78, 5) is 0. The Morgan fingerprint density at radius 3 is 0.776 bits per heavy atom. The molecule has 9 heteroatoms. The van der Waals surface area contributed by atoms with Crippen molar-refractivity contribution in [2.75, 3.05) is 0 Å². The van der Waals surface area contributed by atoms with Gasteiger partial charge in [-0.25, -0.2) is 0 Å². The lowest BCUT2D eigenvalue weighted by atomic mass is 10.2. The maximum atomic E-state index is 6.34. The van der Waals surface area contributed by atoms with Crippen LogP contribution in [0.2, 0.25) is 0 Å². The molecule has 0 N–H and O–H groups in total. The van der Waals surface area contributed by atoms with Crippen molar-refractivity contribution >= 4 is 90.4 Å². The molecule has 0 fully saturated rings. The molecule has 49 heavy (non-hydrogen) atoms. The zero-order valence-corrected chi connectivity index (χ0v) is 36.8. The molecule has 6 rings (SSSR count). The first kappa shape index (κ1) is 36.9. The lowest BCUT2D eigenvalue weighted by Gasteiger charge is -2.11. The standard InChI is InChI=1S/C40H30I5O4/c41-31-9-1-27(2-10-31)23-46-37-17-35(18-38(21-37)47-24-28-3-11-32(42)12-4-28)45-36-19-39(48-25-29-5-13-33(43)14-6-29)22-40(20-36)49-26-30-7-15-34(44)16-8-30/h1-22H,23-26H2/q+1. The van der Waals surface area contributed by atoms with Crippen molar-refractivity contribution in [2.24, 2.45) is 0 Å². The quantitative estimate of drug-likeness (QED) is 0.103. The van der Waals surface area contributed by atoms with E-state index in [1.54, 1.807) is 0 Å². The fourth-order valence-electron chi connectivity index (χ4n) is 4.63. The molecule has 0 saturated carbocycles. The van der Waals surface area contributed by atoms with Gasteiger partial charge < -0.3 is 18.9 Å². The summed E-state index contributed by atoms with van der Waals surface area (Å²) < 4.78 is 32.5. The molecule has 0 aliphatic carbocycles. The molecule has 0 bridgehead atoms. The minimum atomic E-state index is -0.646. The van der Waals surface area contributed by atoms with E-state index in [1.165, 1.54) is 21.4 Å². The van der Waals surface area contributed by atoms with Crippen LogP contribution in [0.25, 0.3) is 0 Å². The smallest absolute Gasteiger partial charge is 0.358 e.